The van der Waals surface area contributed by atoms with Gasteiger partial charge in [-0.05, 0) is 52.0 Å². The average Bonchev–Trinajstić information content (AvgIpc) is 2.72. The van der Waals surface area contributed by atoms with Crippen LogP contribution in [0.1, 0.15) is 27.7 Å². The van der Waals surface area contributed by atoms with Crippen molar-refractivity contribution >= 4 is 16.7 Å². The van der Waals surface area contributed by atoms with Crippen molar-refractivity contribution in [2.75, 3.05) is 25.0 Å². The Morgan fingerprint density at radius 2 is 1.72 bits per heavy atom. The van der Waals surface area contributed by atoms with Gasteiger partial charge in [0.1, 0.15) is 5.82 Å². The third-order valence-corrected chi connectivity index (χ3v) is 5.51. The number of nitrogens with one attached hydrogen (secondary N) is 1. The molecule has 2 unspecified atom stereocenters. The molecule has 6 nitrogen and oxygen atoms in total. The highest BCUT2D eigenvalue weighted by atomic mass is 16.5. The SMILES string of the molecule is CC1CN(C(C)(C)CNc2nc(-c3ccncc3)nc3ccccc23)CC(C)O1. The van der Waals surface area contributed by atoms with E-state index in [1.54, 1.807) is 12.4 Å². The number of ether oxygens (including phenoxy) is 1. The lowest BCUT2D eigenvalue weighted by Gasteiger charge is -2.45. The van der Waals surface area contributed by atoms with E-state index in [-0.39, 0.29) is 17.7 Å². The van der Waals surface area contributed by atoms with Crippen LogP contribution >= 0.6 is 0 Å². The number of nitrogens with zero attached hydrogens (tertiary/aromatic N) is 4. The number of morpholine rings is 1. The molecule has 1 fully saturated rings. The van der Waals surface area contributed by atoms with Gasteiger partial charge in [-0.25, -0.2) is 9.97 Å². The molecule has 1 aliphatic rings. The molecule has 0 saturated carbocycles. The monoisotopic (exact) mass is 391 g/mol. The molecule has 0 aliphatic carbocycles. The summed E-state index contributed by atoms with van der Waals surface area (Å²) in [5, 5.41) is 4.65. The Bertz CT molecular complexity index is 965. The van der Waals surface area contributed by atoms with Crippen molar-refractivity contribution in [3.8, 4) is 11.4 Å². The fraction of sp³-hybridized carbons (Fsp3) is 0.435. The van der Waals surface area contributed by atoms with Crippen LogP contribution in [0, 0.1) is 0 Å². The third kappa shape index (κ3) is 4.38. The second-order valence-corrected chi connectivity index (χ2v) is 8.48. The molecule has 2 aromatic heterocycles. The van der Waals surface area contributed by atoms with Crippen LogP contribution in [0.4, 0.5) is 5.82 Å². The van der Waals surface area contributed by atoms with E-state index in [2.05, 4.69) is 49.0 Å². The lowest BCUT2D eigenvalue weighted by atomic mass is 10.00. The number of fused-ring (bicyclic) bond motifs is 1. The highest BCUT2D eigenvalue weighted by Gasteiger charge is 2.33. The highest BCUT2D eigenvalue weighted by molar-refractivity contribution is 5.90. The van der Waals surface area contributed by atoms with Gasteiger partial charge in [0, 0.05) is 48.5 Å². The number of rotatable bonds is 5. The second kappa shape index (κ2) is 8.05. The standard InChI is InChI=1S/C23H29N5O/c1-16-13-28(14-17(2)29-16)23(3,4)15-25-22-19-7-5-6-8-20(19)26-21(27-22)18-9-11-24-12-10-18/h5-12,16-17H,13-15H2,1-4H3,(H,25,26,27). The molecule has 0 spiro atoms. The van der Waals surface area contributed by atoms with Gasteiger partial charge in [0.15, 0.2) is 5.82 Å². The van der Waals surface area contributed by atoms with Crippen LogP contribution in [0.5, 0.6) is 0 Å². The van der Waals surface area contributed by atoms with Gasteiger partial charge >= 0.3 is 0 Å². The van der Waals surface area contributed by atoms with Crippen LogP contribution in [0.25, 0.3) is 22.3 Å². The molecule has 152 valence electrons. The lowest BCUT2D eigenvalue weighted by molar-refractivity contribution is -0.0933. The summed E-state index contributed by atoms with van der Waals surface area (Å²) >= 11 is 0. The number of aromatic nitrogens is 3. The molecule has 3 heterocycles. The minimum Gasteiger partial charge on any atom is -0.373 e. The number of benzene rings is 1. The predicted octanol–water partition coefficient (Wildman–Crippen LogP) is 3.99. The maximum Gasteiger partial charge on any atom is 0.162 e. The number of hydrogen-bond acceptors (Lipinski definition) is 6. The van der Waals surface area contributed by atoms with Crippen LogP contribution < -0.4 is 5.32 Å². The van der Waals surface area contributed by atoms with Gasteiger partial charge in [-0.15, -0.1) is 0 Å². The van der Waals surface area contributed by atoms with E-state index < -0.39 is 0 Å². The van der Waals surface area contributed by atoms with E-state index in [0.717, 1.165) is 41.9 Å². The first-order valence-electron chi connectivity index (χ1n) is 10.2. The van der Waals surface area contributed by atoms with Crippen LogP contribution in [0.15, 0.2) is 48.8 Å². The van der Waals surface area contributed by atoms with E-state index in [0.29, 0.717) is 5.82 Å². The second-order valence-electron chi connectivity index (χ2n) is 8.48. The summed E-state index contributed by atoms with van der Waals surface area (Å²) in [6.07, 6.45) is 4.03. The van der Waals surface area contributed by atoms with Gasteiger partial charge in [-0.1, -0.05) is 12.1 Å². The van der Waals surface area contributed by atoms with Crippen molar-refractivity contribution in [1.29, 1.82) is 0 Å². The van der Waals surface area contributed by atoms with Crippen LogP contribution in [-0.2, 0) is 4.74 Å². The van der Waals surface area contributed by atoms with Crippen molar-refractivity contribution in [3.63, 3.8) is 0 Å². The maximum absolute atomic E-state index is 5.91. The molecule has 3 aromatic rings. The van der Waals surface area contributed by atoms with Gasteiger partial charge in [0.2, 0.25) is 0 Å². The summed E-state index contributed by atoms with van der Waals surface area (Å²) < 4.78 is 5.91. The molecule has 6 heteroatoms. The number of pyridine rings is 1. The molecule has 1 saturated heterocycles. The minimum atomic E-state index is -0.0326. The molecule has 1 aliphatic heterocycles. The predicted molar refractivity (Wildman–Crippen MR) is 117 cm³/mol. The molecular weight excluding hydrogens is 362 g/mol. The van der Waals surface area contributed by atoms with E-state index in [1.165, 1.54) is 0 Å². The van der Waals surface area contributed by atoms with E-state index in [9.17, 15) is 0 Å². The van der Waals surface area contributed by atoms with Crippen molar-refractivity contribution in [2.24, 2.45) is 0 Å². The molecular formula is C23H29N5O. The summed E-state index contributed by atoms with van der Waals surface area (Å²) in [4.78, 5) is 16.2. The van der Waals surface area contributed by atoms with Crippen molar-refractivity contribution in [3.05, 3.63) is 48.8 Å². The molecule has 0 radical (unpaired) electrons. The van der Waals surface area contributed by atoms with Crippen molar-refractivity contribution in [2.45, 2.75) is 45.4 Å². The summed E-state index contributed by atoms with van der Waals surface area (Å²) in [5.74, 6) is 1.57. The first-order chi connectivity index (χ1) is 13.9. The Labute approximate surface area is 172 Å². The van der Waals surface area contributed by atoms with Crippen molar-refractivity contribution < 1.29 is 4.74 Å². The third-order valence-electron chi connectivity index (χ3n) is 5.51. The number of hydrogen-bond donors (Lipinski definition) is 1. The van der Waals surface area contributed by atoms with Gasteiger partial charge in [-0.2, -0.15) is 0 Å². The normalized spacial score (nSPS) is 20.7. The van der Waals surface area contributed by atoms with Gasteiger partial charge in [0.25, 0.3) is 0 Å². The Balaban J connectivity index is 1.61. The zero-order valence-electron chi connectivity index (χ0n) is 17.6. The number of para-hydroxylation sites is 1. The van der Waals surface area contributed by atoms with Crippen LogP contribution in [0.2, 0.25) is 0 Å². The zero-order valence-corrected chi connectivity index (χ0v) is 17.6. The molecule has 0 amide bonds. The van der Waals surface area contributed by atoms with Gasteiger partial charge in [0.05, 0.1) is 17.7 Å². The first-order valence-corrected chi connectivity index (χ1v) is 10.2. The summed E-state index contributed by atoms with van der Waals surface area (Å²) in [7, 11) is 0. The topological polar surface area (TPSA) is 63.2 Å². The highest BCUT2D eigenvalue weighted by Crippen LogP contribution is 2.27. The summed E-state index contributed by atoms with van der Waals surface area (Å²) in [6.45, 7) is 11.5. The average molecular weight is 392 g/mol. The Morgan fingerprint density at radius 1 is 1.03 bits per heavy atom. The fourth-order valence-corrected chi connectivity index (χ4v) is 3.93. The molecule has 2 atom stereocenters. The summed E-state index contributed by atoms with van der Waals surface area (Å²) in [5.41, 5.74) is 1.86. The Kier molecular flexibility index (Phi) is 5.48. The summed E-state index contributed by atoms with van der Waals surface area (Å²) in [6, 6.07) is 12.0. The smallest absolute Gasteiger partial charge is 0.162 e. The van der Waals surface area contributed by atoms with E-state index in [1.807, 2.05) is 30.3 Å². The largest absolute Gasteiger partial charge is 0.373 e. The quantitative estimate of drug-likeness (QED) is 0.709. The van der Waals surface area contributed by atoms with Crippen LogP contribution in [0.3, 0.4) is 0 Å². The van der Waals surface area contributed by atoms with E-state index in [4.69, 9.17) is 14.7 Å². The number of anilines is 1. The van der Waals surface area contributed by atoms with Gasteiger partial charge < -0.3 is 10.1 Å². The van der Waals surface area contributed by atoms with Crippen molar-refractivity contribution in [1.82, 2.24) is 19.9 Å². The maximum atomic E-state index is 5.91. The fourth-order valence-electron chi connectivity index (χ4n) is 3.93. The molecule has 1 N–H and O–H groups in total. The van der Waals surface area contributed by atoms with Crippen LogP contribution in [-0.4, -0.2) is 57.2 Å². The molecule has 4 rings (SSSR count). The molecule has 0 bridgehead atoms. The molecule has 1 aromatic carbocycles. The minimum absolute atomic E-state index is 0.0326. The Hall–Kier alpha value is -2.57. The Morgan fingerprint density at radius 3 is 2.45 bits per heavy atom. The lowest BCUT2D eigenvalue weighted by Crippen LogP contribution is -2.57. The zero-order chi connectivity index (χ0) is 20.4. The first kappa shape index (κ1) is 19.7. The molecule has 29 heavy (non-hydrogen) atoms. The van der Waals surface area contributed by atoms with E-state index >= 15 is 0 Å². The van der Waals surface area contributed by atoms with Gasteiger partial charge in [-0.3, -0.25) is 9.88 Å².